The van der Waals surface area contributed by atoms with Crippen LogP contribution in [0, 0.1) is 17.2 Å². The van der Waals surface area contributed by atoms with Crippen LogP contribution in [-0.2, 0) is 14.3 Å². The Morgan fingerprint density at radius 1 is 1.16 bits per heavy atom. The van der Waals surface area contributed by atoms with E-state index >= 15 is 0 Å². The summed E-state index contributed by atoms with van der Waals surface area (Å²) in [5.74, 6) is -2.32. The molecular formula is C25H32F3N7O3. The fraction of sp³-hybridized carbons (Fsp3) is 0.680. The number of aromatic nitrogens is 1. The first-order valence-electron chi connectivity index (χ1n) is 13.1. The molecule has 2 amide bonds. The van der Waals surface area contributed by atoms with Gasteiger partial charge in [-0.2, -0.15) is 18.4 Å². The topological polar surface area (TPSA) is 114 Å². The van der Waals surface area contributed by atoms with Gasteiger partial charge in [-0.05, 0) is 44.4 Å². The molecule has 0 bridgehead atoms. The zero-order chi connectivity index (χ0) is 26.9. The fourth-order valence-electron chi connectivity index (χ4n) is 6.49. The summed E-state index contributed by atoms with van der Waals surface area (Å²) in [4.78, 5) is 35.2. The number of carbonyl (C=O) groups excluding carboxylic acids is 2. The molecule has 4 unspecified atom stereocenters. The van der Waals surface area contributed by atoms with Crippen LogP contribution in [0.4, 0.5) is 19.0 Å². The molecule has 5 rings (SSSR count). The van der Waals surface area contributed by atoms with Gasteiger partial charge >= 0.3 is 6.18 Å². The lowest BCUT2D eigenvalue weighted by atomic mass is 9.94. The highest BCUT2D eigenvalue weighted by Gasteiger charge is 2.54. The van der Waals surface area contributed by atoms with E-state index in [0.717, 1.165) is 31.6 Å². The number of hydrogen-bond acceptors (Lipinski definition) is 8. The number of halogens is 3. The lowest BCUT2D eigenvalue weighted by Crippen LogP contribution is -2.65. The van der Waals surface area contributed by atoms with Crippen molar-refractivity contribution in [3.8, 4) is 6.07 Å². The van der Waals surface area contributed by atoms with Gasteiger partial charge in [0.1, 0.15) is 11.9 Å². The number of ether oxygens (including phenoxy) is 1. The van der Waals surface area contributed by atoms with Crippen molar-refractivity contribution in [2.24, 2.45) is 5.92 Å². The number of rotatable bonds is 7. The molecule has 4 aliphatic rings. The maximum Gasteiger partial charge on any atom is 0.402 e. The summed E-state index contributed by atoms with van der Waals surface area (Å²) in [5, 5.41) is 8.99. The number of nitrogens with one attached hydrogen (secondary N) is 2. The van der Waals surface area contributed by atoms with Gasteiger partial charge < -0.3 is 14.5 Å². The number of nitrogens with zero attached hydrogens (tertiary/aromatic N) is 5. The molecular weight excluding hydrogens is 503 g/mol. The normalized spacial score (nSPS) is 29.8. The van der Waals surface area contributed by atoms with Gasteiger partial charge in [0.25, 0.3) is 0 Å². The second-order valence-electron chi connectivity index (χ2n) is 10.3. The quantitative estimate of drug-likeness (QED) is 0.501. The Morgan fingerprint density at radius 2 is 1.97 bits per heavy atom. The van der Waals surface area contributed by atoms with Crippen LogP contribution in [-0.4, -0.2) is 96.3 Å². The summed E-state index contributed by atoms with van der Waals surface area (Å²) in [7, 11) is 0. The van der Waals surface area contributed by atoms with Crippen LogP contribution in [0.25, 0.3) is 0 Å². The Kier molecular flexibility index (Phi) is 7.74. The number of hydrogen-bond donors (Lipinski definition) is 2. The van der Waals surface area contributed by atoms with E-state index in [0.29, 0.717) is 25.1 Å². The third-order valence-corrected chi connectivity index (χ3v) is 8.23. The molecule has 10 nitrogen and oxygen atoms in total. The Bertz CT molecular complexity index is 1060. The van der Waals surface area contributed by atoms with Gasteiger partial charge in [-0.15, -0.1) is 0 Å². The van der Waals surface area contributed by atoms with E-state index in [1.807, 2.05) is 11.0 Å². The maximum atomic E-state index is 13.6. The number of carbonyl (C=O) groups is 2. The molecule has 2 N–H and O–H groups in total. The Balaban J connectivity index is 1.10. The van der Waals surface area contributed by atoms with E-state index in [-0.39, 0.29) is 50.2 Å². The molecule has 0 spiro atoms. The van der Waals surface area contributed by atoms with Gasteiger partial charge in [0.05, 0.1) is 37.3 Å². The van der Waals surface area contributed by atoms with E-state index in [1.54, 1.807) is 17.2 Å². The van der Waals surface area contributed by atoms with Crippen LogP contribution < -0.4 is 15.8 Å². The molecule has 5 atom stereocenters. The molecule has 38 heavy (non-hydrogen) atoms. The number of anilines is 1. The van der Waals surface area contributed by atoms with Crippen LogP contribution in [0.1, 0.15) is 37.7 Å². The molecule has 0 aromatic carbocycles. The molecule has 206 valence electrons. The smallest absolute Gasteiger partial charge is 0.379 e. The van der Waals surface area contributed by atoms with Crippen molar-refractivity contribution < 1.29 is 27.5 Å². The lowest BCUT2D eigenvalue weighted by Gasteiger charge is -2.40. The lowest BCUT2D eigenvalue weighted by molar-refractivity contribution is -0.201. The van der Waals surface area contributed by atoms with Gasteiger partial charge in [0.2, 0.25) is 11.8 Å². The van der Waals surface area contributed by atoms with Crippen LogP contribution in [0.5, 0.6) is 0 Å². The molecule has 4 aliphatic heterocycles. The van der Waals surface area contributed by atoms with E-state index in [9.17, 15) is 22.8 Å². The average Bonchev–Trinajstić information content (AvgIpc) is 3.62. The molecule has 1 aromatic rings. The molecule has 1 aromatic heterocycles. The number of likely N-dealkylation sites (tertiary alicyclic amines) is 2. The van der Waals surface area contributed by atoms with Crippen molar-refractivity contribution in [2.75, 3.05) is 44.3 Å². The fourth-order valence-corrected chi connectivity index (χ4v) is 6.49. The van der Waals surface area contributed by atoms with E-state index < -0.39 is 24.0 Å². The maximum absolute atomic E-state index is 13.6. The predicted molar refractivity (Wildman–Crippen MR) is 129 cm³/mol. The van der Waals surface area contributed by atoms with E-state index in [4.69, 9.17) is 10.00 Å². The van der Waals surface area contributed by atoms with Crippen LogP contribution in [0.15, 0.2) is 18.3 Å². The molecule has 0 aliphatic carbocycles. The van der Waals surface area contributed by atoms with Gasteiger partial charge in [-0.1, -0.05) is 0 Å². The van der Waals surface area contributed by atoms with Crippen molar-refractivity contribution in [1.82, 2.24) is 25.6 Å². The summed E-state index contributed by atoms with van der Waals surface area (Å²) in [5.41, 5.74) is 5.19. The number of fused-ring (bicyclic) bond motifs is 1. The first-order valence-corrected chi connectivity index (χ1v) is 13.1. The van der Waals surface area contributed by atoms with Crippen molar-refractivity contribution in [2.45, 2.75) is 62.4 Å². The zero-order valence-electron chi connectivity index (χ0n) is 21.0. The highest BCUT2D eigenvalue weighted by Crippen LogP contribution is 2.36. The molecule has 13 heteroatoms. The number of alkyl halides is 3. The van der Waals surface area contributed by atoms with Crippen LogP contribution in [0.2, 0.25) is 0 Å². The number of hydrazine groups is 1. The minimum atomic E-state index is -4.63. The molecule has 5 heterocycles. The summed E-state index contributed by atoms with van der Waals surface area (Å²) in [6.45, 7) is 2.36. The predicted octanol–water partition coefficient (Wildman–Crippen LogP) is 1.19. The van der Waals surface area contributed by atoms with Crippen LogP contribution in [0.3, 0.4) is 0 Å². The SMILES string of the molecule is N#Cc1ccc(N2CCC3C2CCN3C(=O)CCOC[C@@H]2CCCN2C2CNNC(=O)C2C(F)(F)F)nc1. The Morgan fingerprint density at radius 3 is 2.71 bits per heavy atom. The Hall–Kier alpha value is -2.95. The highest BCUT2D eigenvalue weighted by atomic mass is 19.4. The first-order chi connectivity index (χ1) is 18.3. The van der Waals surface area contributed by atoms with Gasteiger partial charge in [0.15, 0.2) is 5.92 Å². The zero-order valence-corrected chi connectivity index (χ0v) is 21.0. The third kappa shape index (κ3) is 5.30. The van der Waals surface area contributed by atoms with Gasteiger partial charge in [0, 0.05) is 37.9 Å². The standard InChI is InChI=1S/C25H32F3N7O3/c26-25(27,28)23-20(14-31-32-24(23)37)33-8-1-2-17(33)15-38-11-7-22(36)35-10-6-18-19(35)5-9-34(18)21-4-3-16(12-29)13-30-21/h3-4,13,17-20,23,31H,1-2,5-11,14-15H2,(H,32,37)/t17-,18?,19?,20?,23?/m0/s1. The van der Waals surface area contributed by atoms with E-state index in [2.05, 4.69) is 26.8 Å². The van der Waals surface area contributed by atoms with Crippen molar-refractivity contribution in [1.29, 1.82) is 5.26 Å². The molecule has 4 saturated heterocycles. The van der Waals surface area contributed by atoms with Crippen LogP contribution >= 0.6 is 0 Å². The highest BCUT2D eigenvalue weighted by molar-refractivity contribution is 5.80. The molecule has 4 fully saturated rings. The first kappa shape index (κ1) is 26.6. The molecule has 0 radical (unpaired) electrons. The van der Waals surface area contributed by atoms with Crippen molar-refractivity contribution in [3.63, 3.8) is 0 Å². The minimum absolute atomic E-state index is 0.0113. The minimum Gasteiger partial charge on any atom is -0.379 e. The van der Waals surface area contributed by atoms with Gasteiger partial charge in [-0.3, -0.25) is 19.9 Å². The number of amides is 2. The summed E-state index contributed by atoms with van der Waals surface area (Å²) < 4.78 is 46.6. The number of pyridine rings is 1. The average molecular weight is 536 g/mol. The van der Waals surface area contributed by atoms with Crippen molar-refractivity contribution in [3.05, 3.63) is 23.9 Å². The third-order valence-electron chi connectivity index (χ3n) is 8.23. The summed E-state index contributed by atoms with van der Waals surface area (Å²) >= 11 is 0. The number of nitriles is 1. The Labute approximate surface area is 219 Å². The van der Waals surface area contributed by atoms with E-state index in [1.165, 1.54) is 0 Å². The second-order valence-corrected chi connectivity index (χ2v) is 10.3. The van der Waals surface area contributed by atoms with Gasteiger partial charge in [-0.25, -0.2) is 10.4 Å². The second kappa shape index (κ2) is 11.0. The monoisotopic (exact) mass is 535 g/mol. The molecule has 0 saturated carbocycles. The largest absolute Gasteiger partial charge is 0.402 e. The summed E-state index contributed by atoms with van der Waals surface area (Å²) in [6.07, 6.45) is 0.258. The van der Waals surface area contributed by atoms with Crippen molar-refractivity contribution >= 4 is 17.6 Å². The summed E-state index contributed by atoms with van der Waals surface area (Å²) in [6, 6.07) is 4.75.